The van der Waals surface area contributed by atoms with Crippen molar-refractivity contribution in [3.8, 4) is 17.9 Å². The standard InChI is InChI=1S/C31H26F4N6O3/c1-3-5-19-6-9-22-23(14-19)26(39-40-29(22)42)16-20-7-10-25(32)24(15-20)28(31(33,34)35)38-30(43)44-13-12-41(4-2)27-11-8-21(17-36)18-37-27/h6-11,14-15,18,28H,4,12-13,16H2,1-2H3,(H,38,43)(H,40,42). The van der Waals surface area contributed by atoms with Gasteiger partial charge in [-0.1, -0.05) is 18.1 Å². The summed E-state index contributed by atoms with van der Waals surface area (Å²) < 4.78 is 62.2. The molecule has 0 aliphatic heterocycles. The Morgan fingerprint density at radius 1 is 1.14 bits per heavy atom. The third-order valence-corrected chi connectivity index (χ3v) is 6.65. The number of nitrogens with one attached hydrogen (secondary N) is 2. The van der Waals surface area contributed by atoms with Gasteiger partial charge in [0.1, 0.15) is 24.3 Å². The number of alkyl halides is 3. The number of aromatic amines is 1. The molecule has 0 aliphatic rings. The van der Waals surface area contributed by atoms with Gasteiger partial charge in [0.2, 0.25) is 0 Å². The number of fused-ring (bicyclic) bond motifs is 1. The number of ether oxygens (including phenoxy) is 1. The Bertz CT molecular complexity index is 1820. The minimum Gasteiger partial charge on any atom is -0.448 e. The average Bonchev–Trinajstić information content (AvgIpc) is 3.00. The summed E-state index contributed by atoms with van der Waals surface area (Å²) in [7, 11) is 0. The lowest BCUT2D eigenvalue weighted by Gasteiger charge is -2.24. The van der Waals surface area contributed by atoms with Crippen LogP contribution in [0, 0.1) is 29.0 Å². The van der Waals surface area contributed by atoms with Crippen LogP contribution in [0.15, 0.2) is 59.5 Å². The third-order valence-electron chi connectivity index (χ3n) is 6.65. The molecule has 226 valence electrons. The first-order valence-corrected chi connectivity index (χ1v) is 13.4. The summed E-state index contributed by atoms with van der Waals surface area (Å²) in [5, 5.41) is 17.9. The van der Waals surface area contributed by atoms with Crippen molar-refractivity contribution in [3.63, 3.8) is 0 Å². The zero-order chi connectivity index (χ0) is 31.9. The monoisotopic (exact) mass is 606 g/mol. The maximum atomic E-state index is 14.8. The fourth-order valence-corrected chi connectivity index (χ4v) is 4.51. The highest BCUT2D eigenvalue weighted by molar-refractivity contribution is 5.85. The van der Waals surface area contributed by atoms with Gasteiger partial charge in [0.15, 0.2) is 6.04 Å². The Kier molecular flexibility index (Phi) is 9.81. The van der Waals surface area contributed by atoms with Gasteiger partial charge in [0, 0.05) is 35.7 Å². The van der Waals surface area contributed by atoms with E-state index in [1.165, 1.54) is 12.3 Å². The van der Waals surface area contributed by atoms with Crippen molar-refractivity contribution in [2.75, 3.05) is 24.6 Å². The first-order chi connectivity index (χ1) is 21.0. The number of nitrogens with zero attached hydrogens (tertiary/aromatic N) is 4. The lowest BCUT2D eigenvalue weighted by Crippen LogP contribution is -2.40. The number of carbonyl (C=O) groups is 1. The first kappa shape index (κ1) is 31.5. The predicted molar refractivity (Wildman–Crippen MR) is 154 cm³/mol. The molecule has 0 fully saturated rings. The van der Waals surface area contributed by atoms with E-state index in [1.54, 1.807) is 54.4 Å². The Morgan fingerprint density at radius 2 is 1.91 bits per heavy atom. The van der Waals surface area contributed by atoms with Crippen molar-refractivity contribution in [3.05, 3.63) is 98.8 Å². The molecule has 1 amide bonds. The van der Waals surface area contributed by atoms with Crippen LogP contribution < -0.4 is 15.8 Å². The minimum atomic E-state index is -5.06. The van der Waals surface area contributed by atoms with E-state index < -0.39 is 35.3 Å². The summed E-state index contributed by atoms with van der Waals surface area (Å²) in [5.41, 5.74) is 0.305. The van der Waals surface area contributed by atoms with Gasteiger partial charge in [-0.25, -0.2) is 19.3 Å². The summed E-state index contributed by atoms with van der Waals surface area (Å²) in [6.07, 6.45) is -5.12. The zero-order valence-corrected chi connectivity index (χ0v) is 23.6. The number of hydrogen-bond acceptors (Lipinski definition) is 7. The second kappa shape index (κ2) is 13.7. The van der Waals surface area contributed by atoms with Crippen LogP contribution in [-0.2, 0) is 11.2 Å². The zero-order valence-electron chi connectivity index (χ0n) is 23.6. The van der Waals surface area contributed by atoms with Crippen LogP contribution in [0.3, 0.4) is 0 Å². The highest BCUT2D eigenvalue weighted by Crippen LogP contribution is 2.35. The summed E-state index contributed by atoms with van der Waals surface area (Å²) in [6, 6.07) is 10.5. The molecule has 4 aromatic rings. The number of H-pyrrole nitrogens is 1. The van der Waals surface area contributed by atoms with Gasteiger partial charge in [0.25, 0.3) is 5.56 Å². The molecule has 1 unspecified atom stereocenters. The van der Waals surface area contributed by atoms with Gasteiger partial charge in [-0.15, -0.1) is 5.92 Å². The number of likely N-dealkylation sites (N-methyl/N-ethyl adjacent to an activating group) is 1. The number of aromatic nitrogens is 3. The van der Waals surface area contributed by atoms with Crippen molar-refractivity contribution in [1.82, 2.24) is 20.5 Å². The molecule has 2 aromatic heterocycles. The molecule has 2 heterocycles. The quantitative estimate of drug-likeness (QED) is 0.200. The molecule has 0 saturated carbocycles. The van der Waals surface area contributed by atoms with Crippen LogP contribution in [0.5, 0.6) is 0 Å². The topological polar surface area (TPSA) is 124 Å². The lowest BCUT2D eigenvalue weighted by molar-refractivity contribution is -0.156. The number of pyridine rings is 1. The Hall–Kier alpha value is -5.43. The highest BCUT2D eigenvalue weighted by Gasteiger charge is 2.43. The highest BCUT2D eigenvalue weighted by atomic mass is 19.4. The van der Waals surface area contributed by atoms with Crippen LogP contribution in [-0.4, -0.2) is 47.1 Å². The van der Waals surface area contributed by atoms with Crippen molar-refractivity contribution in [2.24, 2.45) is 0 Å². The number of halogens is 4. The first-order valence-electron chi connectivity index (χ1n) is 13.4. The van der Waals surface area contributed by atoms with Crippen LogP contribution >= 0.6 is 0 Å². The molecular formula is C31H26F4N6O3. The van der Waals surface area contributed by atoms with E-state index in [2.05, 4.69) is 27.0 Å². The van der Waals surface area contributed by atoms with E-state index in [0.29, 0.717) is 40.0 Å². The number of nitriles is 1. The van der Waals surface area contributed by atoms with Crippen molar-refractivity contribution in [2.45, 2.75) is 32.5 Å². The molecule has 4 rings (SSSR count). The summed E-state index contributed by atoms with van der Waals surface area (Å²) in [6.45, 7) is 3.72. The molecule has 0 bridgehead atoms. The number of amides is 1. The van der Waals surface area contributed by atoms with Gasteiger partial charge >= 0.3 is 12.3 Å². The fourth-order valence-electron chi connectivity index (χ4n) is 4.51. The summed E-state index contributed by atoms with van der Waals surface area (Å²) >= 11 is 0. The van der Waals surface area contributed by atoms with Crippen molar-refractivity contribution >= 4 is 22.7 Å². The van der Waals surface area contributed by atoms with Crippen LogP contribution in [0.1, 0.15) is 47.8 Å². The Balaban J connectivity index is 1.52. The number of carbonyl (C=O) groups excluding carboxylic acids is 1. The SMILES string of the molecule is CC#Cc1ccc2c(=O)[nH]nc(Cc3ccc(F)c(C(NC(=O)OCCN(CC)c4ccc(C#N)cn4)C(F)(F)F)c3)c2c1. The van der Waals surface area contributed by atoms with Gasteiger partial charge < -0.3 is 15.0 Å². The Morgan fingerprint density at radius 3 is 2.57 bits per heavy atom. The molecule has 0 saturated heterocycles. The number of rotatable bonds is 9. The number of hydrogen-bond donors (Lipinski definition) is 2. The third kappa shape index (κ3) is 7.50. The van der Waals surface area contributed by atoms with Gasteiger partial charge in [-0.3, -0.25) is 4.79 Å². The molecule has 1 atom stereocenters. The molecule has 0 aliphatic carbocycles. The van der Waals surface area contributed by atoms with Crippen molar-refractivity contribution < 1.29 is 27.1 Å². The normalized spacial score (nSPS) is 11.7. The molecular weight excluding hydrogens is 580 g/mol. The molecule has 2 N–H and O–H groups in total. The average molecular weight is 607 g/mol. The minimum absolute atomic E-state index is 0.0468. The van der Waals surface area contributed by atoms with E-state index in [0.717, 1.165) is 12.1 Å². The largest absolute Gasteiger partial charge is 0.448 e. The molecule has 44 heavy (non-hydrogen) atoms. The summed E-state index contributed by atoms with van der Waals surface area (Å²) in [4.78, 5) is 30.6. The predicted octanol–water partition coefficient (Wildman–Crippen LogP) is 5.15. The molecule has 0 radical (unpaired) electrons. The van der Waals surface area contributed by atoms with Crippen LogP contribution in [0.4, 0.5) is 28.2 Å². The van der Waals surface area contributed by atoms with E-state index in [-0.39, 0.29) is 25.1 Å². The Labute approximate surface area is 249 Å². The van der Waals surface area contributed by atoms with Gasteiger partial charge in [-0.05, 0) is 55.8 Å². The second-order valence-electron chi connectivity index (χ2n) is 9.52. The number of benzene rings is 2. The number of alkyl carbamates (subject to hydrolysis) is 1. The summed E-state index contributed by atoms with van der Waals surface area (Å²) in [5.74, 6) is 4.94. The lowest BCUT2D eigenvalue weighted by atomic mass is 9.98. The van der Waals surface area contributed by atoms with E-state index in [1.807, 2.05) is 6.07 Å². The van der Waals surface area contributed by atoms with Gasteiger partial charge in [0.05, 0.1) is 23.2 Å². The van der Waals surface area contributed by atoms with E-state index in [4.69, 9.17) is 10.00 Å². The molecule has 0 spiro atoms. The maximum Gasteiger partial charge on any atom is 0.413 e. The van der Waals surface area contributed by atoms with Crippen molar-refractivity contribution in [1.29, 1.82) is 5.26 Å². The second-order valence-corrected chi connectivity index (χ2v) is 9.52. The van der Waals surface area contributed by atoms with E-state index >= 15 is 0 Å². The smallest absolute Gasteiger partial charge is 0.413 e. The molecule has 2 aromatic carbocycles. The van der Waals surface area contributed by atoms with Gasteiger partial charge in [-0.2, -0.15) is 23.5 Å². The maximum absolute atomic E-state index is 14.8. The van der Waals surface area contributed by atoms with E-state index in [9.17, 15) is 27.2 Å². The molecule has 9 nitrogen and oxygen atoms in total. The number of anilines is 1. The van der Waals surface area contributed by atoms with Crippen LogP contribution in [0.2, 0.25) is 0 Å². The van der Waals surface area contributed by atoms with Crippen LogP contribution in [0.25, 0.3) is 10.8 Å². The fraction of sp³-hybridized carbons (Fsp3) is 0.258. The molecule has 13 heteroatoms.